The van der Waals surface area contributed by atoms with Gasteiger partial charge in [-0.2, -0.15) is 0 Å². The molecule has 0 aliphatic rings. The summed E-state index contributed by atoms with van der Waals surface area (Å²) in [6.45, 7) is 3.36. The molecule has 138 valence electrons. The van der Waals surface area contributed by atoms with Crippen LogP contribution in [0.2, 0.25) is 0 Å². The Kier molecular flexibility index (Phi) is 7.87. The van der Waals surface area contributed by atoms with Crippen molar-refractivity contribution in [3.8, 4) is 5.75 Å². The molecule has 8 heteroatoms. The number of rotatable bonds is 9. The fraction of sp³-hybridized carbons (Fsp3) is 0.471. The molecule has 1 rings (SSSR count). The maximum absolute atomic E-state index is 11.9. The van der Waals surface area contributed by atoms with Crippen LogP contribution in [0, 0.1) is 5.92 Å². The molecule has 6 N–H and O–H groups in total. The molecule has 1 aromatic carbocycles. The van der Waals surface area contributed by atoms with E-state index in [-0.39, 0.29) is 24.6 Å². The van der Waals surface area contributed by atoms with E-state index in [2.05, 4.69) is 10.6 Å². The summed E-state index contributed by atoms with van der Waals surface area (Å²) < 4.78 is 0. The van der Waals surface area contributed by atoms with Crippen LogP contribution >= 0.6 is 0 Å². The highest BCUT2D eigenvalue weighted by Crippen LogP contribution is 2.10. The predicted octanol–water partition coefficient (Wildman–Crippen LogP) is -0.00630. The molecular formula is C17H25N3O5. The number of aliphatic carboxylic acids is 1. The summed E-state index contributed by atoms with van der Waals surface area (Å²) >= 11 is 0. The lowest BCUT2D eigenvalue weighted by atomic mass is 10.0. The van der Waals surface area contributed by atoms with Gasteiger partial charge in [0, 0.05) is 0 Å². The van der Waals surface area contributed by atoms with E-state index in [1.165, 1.54) is 12.1 Å². The minimum absolute atomic E-state index is 0.106. The van der Waals surface area contributed by atoms with Crippen molar-refractivity contribution >= 4 is 17.8 Å². The van der Waals surface area contributed by atoms with Gasteiger partial charge in [0.15, 0.2) is 0 Å². The van der Waals surface area contributed by atoms with Gasteiger partial charge in [0.1, 0.15) is 11.8 Å². The van der Waals surface area contributed by atoms with Crippen LogP contribution in [-0.2, 0) is 20.8 Å². The molecule has 0 saturated carbocycles. The smallest absolute Gasteiger partial charge is 0.326 e. The number of carboxylic acid groups (broad SMARTS) is 1. The minimum Gasteiger partial charge on any atom is -0.508 e. The van der Waals surface area contributed by atoms with Gasteiger partial charge in [-0.05, 0) is 36.5 Å². The zero-order valence-electron chi connectivity index (χ0n) is 14.4. The van der Waals surface area contributed by atoms with Crippen molar-refractivity contribution < 1.29 is 24.6 Å². The van der Waals surface area contributed by atoms with Crippen molar-refractivity contribution in [2.75, 3.05) is 6.54 Å². The molecule has 0 fully saturated rings. The van der Waals surface area contributed by atoms with E-state index in [4.69, 9.17) is 10.8 Å². The molecule has 1 aromatic rings. The van der Waals surface area contributed by atoms with E-state index in [9.17, 15) is 19.5 Å². The van der Waals surface area contributed by atoms with Gasteiger partial charge >= 0.3 is 5.97 Å². The summed E-state index contributed by atoms with van der Waals surface area (Å²) in [5, 5.41) is 23.1. The van der Waals surface area contributed by atoms with Crippen LogP contribution in [0.3, 0.4) is 0 Å². The standard InChI is InChI=1S/C17H25N3O5/c1-10(2)7-14(17(24)25)20-15(22)9-19-16(23)13(18)8-11-3-5-12(21)6-4-11/h3-6,10,13-14,21H,7-9,18H2,1-2H3,(H,19,23)(H,20,22)(H,24,25). The van der Waals surface area contributed by atoms with Crippen molar-refractivity contribution in [2.45, 2.75) is 38.8 Å². The van der Waals surface area contributed by atoms with Gasteiger partial charge in [-0.1, -0.05) is 26.0 Å². The summed E-state index contributed by atoms with van der Waals surface area (Å²) in [4.78, 5) is 34.8. The van der Waals surface area contributed by atoms with Gasteiger partial charge in [-0.3, -0.25) is 9.59 Å². The maximum atomic E-state index is 11.9. The number of aromatic hydroxyl groups is 1. The molecule has 0 spiro atoms. The number of nitrogens with two attached hydrogens (primary N) is 1. The molecule has 8 nitrogen and oxygen atoms in total. The Morgan fingerprint density at radius 3 is 2.28 bits per heavy atom. The van der Waals surface area contributed by atoms with Crippen LogP contribution in [0.25, 0.3) is 0 Å². The number of amides is 2. The molecule has 0 aromatic heterocycles. The van der Waals surface area contributed by atoms with E-state index in [1.807, 2.05) is 13.8 Å². The quantitative estimate of drug-likeness (QED) is 0.424. The Morgan fingerprint density at radius 1 is 1.16 bits per heavy atom. The number of nitrogens with one attached hydrogen (secondary N) is 2. The summed E-state index contributed by atoms with van der Waals surface area (Å²) in [5.41, 5.74) is 6.56. The average molecular weight is 351 g/mol. The fourth-order valence-corrected chi connectivity index (χ4v) is 2.22. The molecular weight excluding hydrogens is 326 g/mol. The van der Waals surface area contributed by atoms with Crippen molar-refractivity contribution in [1.82, 2.24) is 10.6 Å². The Labute approximate surface area is 146 Å². The second-order valence-corrected chi connectivity index (χ2v) is 6.28. The van der Waals surface area contributed by atoms with E-state index in [0.717, 1.165) is 5.56 Å². The molecule has 25 heavy (non-hydrogen) atoms. The van der Waals surface area contributed by atoms with Crippen molar-refractivity contribution in [3.63, 3.8) is 0 Å². The number of carboxylic acids is 1. The molecule has 0 aliphatic carbocycles. The third-order valence-corrected chi connectivity index (χ3v) is 3.49. The number of carbonyl (C=O) groups is 3. The molecule has 0 heterocycles. The second-order valence-electron chi connectivity index (χ2n) is 6.28. The molecule has 2 amide bonds. The molecule has 0 aliphatic heterocycles. The highest BCUT2D eigenvalue weighted by Gasteiger charge is 2.22. The van der Waals surface area contributed by atoms with Crippen LogP contribution in [0.15, 0.2) is 24.3 Å². The first-order valence-corrected chi connectivity index (χ1v) is 8.02. The lowest BCUT2D eigenvalue weighted by Gasteiger charge is -2.17. The van der Waals surface area contributed by atoms with Crippen LogP contribution < -0.4 is 16.4 Å². The molecule has 0 bridgehead atoms. The van der Waals surface area contributed by atoms with Gasteiger partial charge in [-0.25, -0.2) is 4.79 Å². The van der Waals surface area contributed by atoms with Crippen LogP contribution in [0.1, 0.15) is 25.8 Å². The van der Waals surface area contributed by atoms with Crippen LogP contribution in [-0.4, -0.2) is 46.6 Å². The highest BCUT2D eigenvalue weighted by molar-refractivity contribution is 5.89. The van der Waals surface area contributed by atoms with Crippen molar-refractivity contribution in [1.29, 1.82) is 0 Å². The first-order valence-electron chi connectivity index (χ1n) is 8.02. The van der Waals surface area contributed by atoms with E-state index >= 15 is 0 Å². The van der Waals surface area contributed by atoms with Crippen molar-refractivity contribution in [2.24, 2.45) is 11.7 Å². The van der Waals surface area contributed by atoms with E-state index in [1.54, 1.807) is 12.1 Å². The van der Waals surface area contributed by atoms with Crippen LogP contribution in [0.5, 0.6) is 5.75 Å². The molecule has 0 saturated heterocycles. The summed E-state index contributed by atoms with van der Waals surface area (Å²) in [7, 11) is 0. The topological polar surface area (TPSA) is 142 Å². The molecule has 0 radical (unpaired) electrons. The second kappa shape index (κ2) is 9.63. The predicted molar refractivity (Wildman–Crippen MR) is 91.8 cm³/mol. The highest BCUT2D eigenvalue weighted by atomic mass is 16.4. The third-order valence-electron chi connectivity index (χ3n) is 3.49. The third kappa shape index (κ3) is 7.67. The monoisotopic (exact) mass is 351 g/mol. The lowest BCUT2D eigenvalue weighted by molar-refractivity contribution is -0.142. The van der Waals surface area contributed by atoms with Gasteiger partial charge < -0.3 is 26.6 Å². The summed E-state index contributed by atoms with van der Waals surface area (Å²) in [6, 6.07) is 4.44. The maximum Gasteiger partial charge on any atom is 0.326 e. The molecule has 2 unspecified atom stereocenters. The van der Waals surface area contributed by atoms with Gasteiger partial charge in [0.25, 0.3) is 0 Å². The summed E-state index contributed by atoms with van der Waals surface area (Å²) in [5.74, 6) is -1.99. The zero-order valence-corrected chi connectivity index (χ0v) is 14.4. The Balaban J connectivity index is 2.44. The first-order chi connectivity index (χ1) is 11.7. The van der Waals surface area contributed by atoms with Crippen LogP contribution in [0.4, 0.5) is 0 Å². The number of phenolic OH excluding ortho intramolecular Hbond substituents is 1. The number of phenols is 1. The minimum atomic E-state index is -1.11. The van der Waals surface area contributed by atoms with Crippen molar-refractivity contribution in [3.05, 3.63) is 29.8 Å². The van der Waals surface area contributed by atoms with E-state index < -0.39 is 29.9 Å². The van der Waals surface area contributed by atoms with Gasteiger partial charge in [0.05, 0.1) is 12.6 Å². The fourth-order valence-electron chi connectivity index (χ4n) is 2.22. The number of hydrogen-bond acceptors (Lipinski definition) is 5. The van der Waals surface area contributed by atoms with E-state index in [0.29, 0.717) is 6.42 Å². The zero-order chi connectivity index (χ0) is 19.0. The number of benzene rings is 1. The average Bonchev–Trinajstić information content (AvgIpc) is 2.53. The Bertz CT molecular complexity index is 601. The summed E-state index contributed by atoms with van der Waals surface area (Å²) in [6.07, 6.45) is 0.550. The lowest BCUT2D eigenvalue weighted by Crippen LogP contribution is -2.49. The van der Waals surface area contributed by atoms with Gasteiger partial charge in [0.2, 0.25) is 11.8 Å². The Morgan fingerprint density at radius 2 is 1.76 bits per heavy atom. The first kappa shape index (κ1) is 20.4. The largest absolute Gasteiger partial charge is 0.508 e. The normalized spacial score (nSPS) is 13.1. The SMILES string of the molecule is CC(C)CC(NC(=O)CNC(=O)C(N)Cc1ccc(O)cc1)C(=O)O. The van der Waals surface area contributed by atoms with Gasteiger partial charge in [-0.15, -0.1) is 0 Å². The number of carbonyl (C=O) groups excluding carboxylic acids is 2. The Hall–Kier alpha value is -2.61. The number of hydrogen-bond donors (Lipinski definition) is 5. The molecule has 2 atom stereocenters.